The number of urea groups is 1. The fraction of sp³-hybridized carbons (Fsp3) is 0. The highest BCUT2D eigenvalue weighted by Gasteiger charge is 2.15. The van der Waals surface area contributed by atoms with Crippen LogP contribution in [0.5, 0.6) is 5.75 Å². The Morgan fingerprint density at radius 1 is 1.33 bits per heavy atom. The van der Waals surface area contributed by atoms with E-state index in [2.05, 4.69) is 9.84 Å². The topological polar surface area (TPSA) is 122 Å². The minimum Gasteiger partial charge on any atom is -0.404 e. The zero-order valence-electron chi connectivity index (χ0n) is 7.45. The molecule has 0 aliphatic rings. The number of carbonyl (C=O) groups excluding carboxylic acids is 1. The largest absolute Gasteiger partial charge is 0.524 e. The van der Waals surface area contributed by atoms with Crippen molar-refractivity contribution in [3.63, 3.8) is 0 Å². The monoisotopic (exact) mass is 232 g/mol. The van der Waals surface area contributed by atoms with Gasteiger partial charge in [-0.25, -0.2) is 9.36 Å². The molecule has 0 atom stereocenters. The summed E-state index contributed by atoms with van der Waals surface area (Å²) in [5.74, 6) is -0.00152. The normalized spacial score (nSPS) is 10.8. The second-order valence-corrected chi connectivity index (χ2v) is 3.76. The first kappa shape index (κ1) is 11.5. The van der Waals surface area contributed by atoms with Gasteiger partial charge in [0.2, 0.25) is 0 Å². The van der Waals surface area contributed by atoms with Crippen LogP contribution in [0.3, 0.4) is 0 Å². The first-order chi connectivity index (χ1) is 6.87. The molecule has 7 nitrogen and oxygen atoms in total. The highest BCUT2D eigenvalue weighted by atomic mass is 31.2. The quantitative estimate of drug-likeness (QED) is 0.570. The summed E-state index contributed by atoms with van der Waals surface area (Å²) in [5.41, 5.74) is 5.26. The van der Waals surface area contributed by atoms with Gasteiger partial charge in [-0.1, -0.05) is 0 Å². The first-order valence-electron chi connectivity index (χ1n) is 3.78. The number of nitrogens with two attached hydrogens (primary N) is 1. The molecular weight excluding hydrogens is 223 g/mol. The Bertz CT molecular complexity index is 398. The Labute approximate surface area is 85.1 Å². The molecule has 1 rings (SSSR count). The molecule has 0 fully saturated rings. The van der Waals surface area contributed by atoms with Gasteiger partial charge in [0.05, 0.1) is 0 Å². The number of carbonyl (C=O) groups is 1. The third kappa shape index (κ3) is 4.46. The van der Waals surface area contributed by atoms with Gasteiger partial charge < -0.3 is 15.6 Å². The summed E-state index contributed by atoms with van der Waals surface area (Å²) in [5, 5.41) is 2.28. The Morgan fingerprint density at radius 3 is 2.27 bits per heavy atom. The van der Waals surface area contributed by atoms with Crippen molar-refractivity contribution < 1.29 is 23.7 Å². The molecule has 0 aromatic heterocycles. The lowest BCUT2D eigenvalue weighted by molar-refractivity contribution is 0.259. The molecular formula is C7H9N2O5P. The van der Waals surface area contributed by atoms with E-state index < -0.39 is 13.9 Å². The maximum Gasteiger partial charge on any atom is 0.524 e. The van der Waals surface area contributed by atoms with Crippen LogP contribution in [0.25, 0.3) is 0 Å². The van der Waals surface area contributed by atoms with E-state index in [9.17, 15) is 9.36 Å². The van der Waals surface area contributed by atoms with E-state index in [4.69, 9.17) is 15.5 Å². The second-order valence-electron chi connectivity index (χ2n) is 2.60. The lowest BCUT2D eigenvalue weighted by atomic mass is 10.3. The molecule has 1 aromatic rings. The fourth-order valence-corrected chi connectivity index (χ4v) is 1.28. The molecule has 0 saturated carbocycles. The highest BCUT2D eigenvalue weighted by Crippen LogP contribution is 2.37. The van der Waals surface area contributed by atoms with Crippen molar-refractivity contribution in [1.82, 2.24) is 0 Å². The lowest BCUT2D eigenvalue weighted by Crippen LogP contribution is -2.19. The maximum absolute atomic E-state index is 10.4. The molecule has 0 unspecified atom stereocenters. The second kappa shape index (κ2) is 4.31. The number of hydrogen-bond acceptors (Lipinski definition) is 3. The van der Waals surface area contributed by atoms with E-state index in [0.29, 0.717) is 5.69 Å². The van der Waals surface area contributed by atoms with Crippen molar-refractivity contribution in [1.29, 1.82) is 0 Å². The molecule has 15 heavy (non-hydrogen) atoms. The molecule has 0 radical (unpaired) electrons. The maximum atomic E-state index is 10.4. The van der Waals surface area contributed by atoms with Gasteiger partial charge in [0.25, 0.3) is 0 Å². The van der Waals surface area contributed by atoms with Crippen molar-refractivity contribution in [2.45, 2.75) is 0 Å². The molecule has 0 aliphatic heterocycles. The minimum absolute atomic E-state index is 0.00152. The molecule has 1 aromatic carbocycles. The van der Waals surface area contributed by atoms with Crippen LogP contribution in [0.4, 0.5) is 10.5 Å². The SMILES string of the molecule is NC(=O)Nc1ccc(OP(=O)(O)O)cc1. The van der Waals surface area contributed by atoms with Gasteiger partial charge in [-0.15, -0.1) is 0 Å². The Kier molecular flexibility index (Phi) is 3.31. The average Bonchev–Trinajstić information content (AvgIpc) is 2.05. The molecule has 0 aliphatic carbocycles. The Balaban J connectivity index is 2.72. The number of primary amides is 1. The lowest BCUT2D eigenvalue weighted by Gasteiger charge is -2.07. The molecule has 82 valence electrons. The van der Waals surface area contributed by atoms with Crippen molar-refractivity contribution in [3.8, 4) is 5.75 Å². The van der Waals surface area contributed by atoms with Gasteiger partial charge in [-0.05, 0) is 24.3 Å². The number of rotatable bonds is 3. The molecule has 0 saturated heterocycles. The van der Waals surface area contributed by atoms with Gasteiger partial charge >= 0.3 is 13.9 Å². The summed E-state index contributed by atoms with van der Waals surface area (Å²) in [6.45, 7) is 0. The van der Waals surface area contributed by atoms with Crippen LogP contribution in [0.2, 0.25) is 0 Å². The third-order valence-corrected chi connectivity index (χ3v) is 1.79. The van der Waals surface area contributed by atoms with Crippen LogP contribution in [-0.2, 0) is 4.57 Å². The zero-order chi connectivity index (χ0) is 11.5. The number of anilines is 1. The van der Waals surface area contributed by atoms with Crippen LogP contribution in [0.15, 0.2) is 24.3 Å². The predicted molar refractivity (Wildman–Crippen MR) is 52.3 cm³/mol. The summed E-state index contributed by atoms with van der Waals surface area (Å²) < 4.78 is 14.7. The standard InChI is InChI=1S/C7H9N2O5P/c8-7(10)9-5-1-3-6(4-2-5)14-15(11,12)13/h1-4H,(H3,8,9,10)(H2,11,12,13). The number of hydrogen-bond donors (Lipinski definition) is 4. The summed E-state index contributed by atoms with van der Waals surface area (Å²) in [4.78, 5) is 27.4. The Morgan fingerprint density at radius 2 is 1.87 bits per heavy atom. The van der Waals surface area contributed by atoms with E-state index in [1.54, 1.807) is 0 Å². The van der Waals surface area contributed by atoms with E-state index >= 15 is 0 Å². The minimum atomic E-state index is -4.54. The molecule has 0 bridgehead atoms. The number of nitrogens with one attached hydrogen (secondary N) is 1. The van der Waals surface area contributed by atoms with E-state index in [-0.39, 0.29) is 5.75 Å². The number of phosphoric ester groups is 1. The van der Waals surface area contributed by atoms with Gasteiger partial charge in [-0.3, -0.25) is 9.79 Å². The van der Waals surface area contributed by atoms with E-state index in [1.807, 2.05) is 0 Å². The van der Waals surface area contributed by atoms with Crippen molar-refractivity contribution in [2.75, 3.05) is 5.32 Å². The number of phosphoric acid groups is 1. The fourth-order valence-electron chi connectivity index (χ4n) is 0.879. The highest BCUT2D eigenvalue weighted by molar-refractivity contribution is 7.46. The number of amides is 2. The first-order valence-corrected chi connectivity index (χ1v) is 5.31. The van der Waals surface area contributed by atoms with Gasteiger partial charge in [0.15, 0.2) is 0 Å². The van der Waals surface area contributed by atoms with Crippen LogP contribution in [0.1, 0.15) is 0 Å². The molecule has 0 spiro atoms. The van der Waals surface area contributed by atoms with Gasteiger partial charge in [0, 0.05) is 5.69 Å². The van der Waals surface area contributed by atoms with Crippen LogP contribution in [0, 0.1) is 0 Å². The summed E-state index contributed by atoms with van der Waals surface area (Å²) in [6.07, 6.45) is 0. The summed E-state index contributed by atoms with van der Waals surface area (Å²) >= 11 is 0. The smallest absolute Gasteiger partial charge is 0.404 e. The van der Waals surface area contributed by atoms with Crippen LogP contribution < -0.4 is 15.6 Å². The molecule has 8 heteroatoms. The molecule has 2 amide bonds. The van der Waals surface area contributed by atoms with Crippen molar-refractivity contribution in [3.05, 3.63) is 24.3 Å². The van der Waals surface area contributed by atoms with Crippen LogP contribution in [-0.4, -0.2) is 15.8 Å². The molecule has 0 heterocycles. The molecule has 5 N–H and O–H groups in total. The van der Waals surface area contributed by atoms with Gasteiger partial charge in [0.1, 0.15) is 5.75 Å². The van der Waals surface area contributed by atoms with E-state index in [0.717, 1.165) is 0 Å². The van der Waals surface area contributed by atoms with Gasteiger partial charge in [-0.2, -0.15) is 0 Å². The zero-order valence-corrected chi connectivity index (χ0v) is 8.35. The Hall–Kier alpha value is -1.56. The van der Waals surface area contributed by atoms with Crippen molar-refractivity contribution in [2.24, 2.45) is 5.73 Å². The van der Waals surface area contributed by atoms with E-state index in [1.165, 1.54) is 24.3 Å². The summed E-state index contributed by atoms with van der Waals surface area (Å²) in [7, 11) is -4.54. The predicted octanol–water partition coefficient (Wildman–Crippen LogP) is 0.649. The third-order valence-electron chi connectivity index (χ3n) is 1.35. The van der Waals surface area contributed by atoms with Crippen molar-refractivity contribution >= 4 is 19.5 Å². The summed E-state index contributed by atoms with van der Waals surface area (Å²) in [6, 6.07) is 4.67. The van der Waals surface area contributed by atoms with Crippen LogP contribution >= 0.6 is 7.82 Å². The average molecular weight is 232 g/mol. The number of benzene rings is 1.